The Bertz CT molecular complexity index is 493. The maximum Gasteiger partial charge on any atom is 0.130 e. The molecule has 0 aliphatic heterocycles. The molecule has 0 aliphatic rings. The number of aliphatic imine (C=N–C) groups is 1. The van der Waals surface area contributed by atoms with Crippen molar-refractivity contribution in [3.05, 3.63) is 35.4 Å². The molecule has 0 saturated carbocycles. The second kappa shape index (κ2) is 5.33. The van der Waals surface area contributed by atoms with E-state index in [0.29, 0.717) is 5.69 Å². The predicted octanol–water partition coefficient (Wildman–Crippen LogP) is 1.53. The van der Waals surface area contributed by atoms with Crippen molar-refractivity contribution in [3.63, 3.8) is 0 Å². The molecule has 0 heterocycles. The molecule has 1 aromatic rings. The molecule has 4 heteroatoms. The molecular formula is C12H8N3O-. The SMILES string of the molecule is CC([O-])=Nc1ccc(C=C(C#N)C#N)cc1. The van der Waals surface area contributed by atoms with Crippen molar-refractivity contribution in [1.29, 1.82) is 10.5 Å². The smallest absolute Gasteiger partial charge is 0.130 e. The van der Waals surface area contributed by atoms with E-state index in [1.54, 1.807) is 36.4 Å². The van der Waals surface area contributed by atoms with Crippen LogP contribution in [0.4, 0.5) is 5.69 Å². The second-order valence-electron chi connectivity index (χ2n) is 3.00. The average molecular weight is 210 g/mol. The van der Waals surface area contributed by atoms with Crippen LogP contribution >= 0.6 is 0 Å². The van der Waals surface area contributed by atoms with Crippen LogP contribution in [0.15, 0.2) is 34.8 Å². The topological polar surface area (TPSA) is 83.0 Å². The van der Waals surface area contributed by atoms with Crippen LogP contribution in [0, 0.1) is 22.7 Å². The van der Waals surface area contributed by atoms with E-state index in [1.165, 1.54) is 13.0 Å². The Morgan fingerprint density at radius 2 is 1.81 bits per heavy atom. The van der Waals surface area contributed by atoms with Gasteiger partial charge in [-0.3, -0.25) is 4.99 Å². The summed E-state index contributed by atoms with van der Waals surface area (Å²) in [5.74, 6) is -0.266. The highest BCUT2D eigenvalue weighted by atomic mass is 16.3. The van der Waals surface area contributed by atoms with Crippen molar-refractivity contribution >= 4 is 17.7 Å². The van der Waals surface area contributed by atoms with E-state index in [9.17, 15) is 5.11 Å². The molecule has 78 valence electrons. The van der Waals surface area contributed by atoms with E-state index in [2.05, 4.69) is 4.99 Å². The van der Waals surface area contributed by atoms with Gasteiger partial charge < -0.3 is 5.11 Å². The summed E-state index contributed by atoms with van der Waals surface area (Å²) < 4.78 is 0. The minimum atomic E-state index is -0.266. The second-order valence-corrected chi connectivity index (χ2v) is 3.00. The Hall–Kier alpha value is -2.59. The third-order valence-electron chi connectivity index (χ3n) is 1.73. The summed E-state index contributed by atoms with van der Waals surface area (Å²) in [5, 5.41) is 27.8. The van der Waals surface area contributed by atoms with Crippen molar-refractivity contribution in [3.8, 4) is 12.1 Å². The Morgan fingerprint density at radius 3 is 2.25 bits per heavy atom. The first-order chi connectivity index (χ1) is 7.65. The molecule has 0 radical (unpaired) electrons. The van der Waals surface area contributed by atoms with E-state index in [4.69, 9.17) is 10.5 Å². The Kier molecular flexibility index (Phi) is 3.83. The highest BCUT2D eigenvalue weighted by molar-refractivity contribution is 5.72. The number of nitriles is 2. The van der Waals surface area contributed by atoms with Crippen LogP contribution < -0.4 is 5.11 Å². The lowest BCUT2D eigenvalue weighted by atomic mass is 10.1. The fourth-order valence-electron chi connectivity index (χ4n) is 1.08. The van der Waals surface area contributed by atoms with Gasteiger partial charge in [0.05, 0.1) is 5.69 Å². The lowest BCUT2D eigenvalue weighted by molar-refractivity contribution is -0.215. The predicted molar refractivity (Wildman–Crippen MR) is 58.4 cm³/mol. The fraction of sp³-hybridized carbons (Fsp3) is 0.0833. The van der Waals surface area contributed by atoms with Crippen LogP contribution in [-0.2, 0) is 0 Å². The number of allylic oxidation sites excluding steroid dienone is 1. The van der Waals surface area contributed by atoms with Crippen LogP contribution in [0.25, 0.3) is 6.08 Å². The van der Waals surface area contributed by atoms with Crippen LogP contribution in [0.1, 0.15) is 12.5 Å². The molecule has 4 nitrogen and oxygen atoms in total. The van der Waals surface area contributed by atoms with Crippen LogP contribution in [0.5, 0.6) is 0 Å². The number of hydrogen-bond acceptors (Lipinski definition) is 4. The average Bonchev–Trinajstić information content (AvgIpc) is 2.27. The third-order valence-corrected chi connectivity index (χ3v) is 1.73. The van der Waals surface area contributed by atoms with Gasteiger partial charge in [-0.2, -0.15) is 10.5 Å². The van der Waals surface area contributed by atoms with Crippen molar-refractivity contribution in [1.82, 2.24) is 0 Å². The zero-order chi connectivity index (χ0) is 12.0. The highest BCUT2D eigenvalue weighted by Gasteiger charge is 1.94. The molecule has 0 aliphatic carbocycles. The molecule has 0 aromatic heterocycles. The minimum Gasteiger partial charge on any atom is -0.862 e. The van der Waals surface area contributed by atoms with Crippen LogP contribution in [0.3, 0.4) is 0 Å². The first-order valence-corrected chi connectivity index (χ1v) is 4.50. The van der Waals surface area contributed by atoms with Crippen molar-refractivity contribution in [2.45, 2.75) is 6.92 Å². The molecule has 0 fully saturated rings. The van der Waals surface area contributed by atoms with Gasteiger partial charge in [-0.15, -0.1) is 0 Å². The molecule has 1 rings (SSSR count). The van der Waals surface area contributed by atoms with Crippen molar-refractivity contribution < 1.29 is 5.11 Å². The van der Waals surface area contributed by atoms with Gasteiger partial charge in [0, 0.05) is 0 Å². The minimum absolute atomic E-state index is 0.0382. The molecule has 16 heavy (non-hydrogen) atoms. The highest BCUT2D eigenvalue weighted by Crippen LogP contribution is 2.14. The van der Waals surface area contributed by atoms with Gasteiger partial charge in [0.2, 0.25) is 0 Å². The molecule has 0 bridgehead atoms. The summed E-state index contributed by atoms with van der Waals surface area (Å²) >= 11 is 0. The fourth-order valence-corrected chi connectivity index (χ4v) is 1.08. The molecule has 0 unspecified atom stereocenters. The Morgan fingerprint density at radius 1 is 1.25 bits per heavy atom. The molecule has 0 atom stereocenters. The monoisotopic (exact) mass is 210 g/mol. The van der Waals surface area contributed by atoms with E-state index in [0.717, 1.165) is 5.56 Å². The molecule has 0 N–H and O–H groups in total. The Balaban J connectivity index is 2.98. The van der Waals surface area contributed by atoms with Crippen molar-refractivity contribution in [2.75, 3.05) is 0 Å². The molecule has 1 aromatic carbocycles. The maximum atomic E-state index is 10.7. The summed E-state index contributed by atoms with van der Waals surface area (Å²) in [6, 6.07) is 10.2. The number of benzene rings is 1. The molecule has 0 amide bonds. The summed E-state index contributed by atoms with van der Waals surface area (Å²) in [7, 11) is 0. The lowest BCUT2D eigenvalue weighted by Crippen LogP contribution is -2.10. The van der Waals surface area contributed by atoms with E-state index in [-0.39, 0.29) is 11.5 Å². The number of rotatable bonds is 2. The van der Waals surface area contributed by atoms with E-state index < -0.39 is 0 Å². The third kappa shape index (κ3) is 3.28. The van der Waals surface area contributed by atoms with E-state index >= 15 is 0 Å². The molecule has 0 saturated heterocycles. The summed E-state index contributed by atoms with van der Waals surface area (Å²) in [6.45, 7) is 1.37. The zero-order valence-corrected chi connectivity index (χ0v) is 8.64. The van der Waals surface area contributed by atoms with Crippen LogP contribution in [-0.4, -0.2) is 5.90 Å². The lowest BCUT2D eigenvalue weighted by Gasteiger charge is -2.02. The van der Waals surface area contributed by atoms with Gasteiger partial charge in [-0.1, -0.05) is 12.1 Å². The summed E-state index contributed by atoms with van der Waals surface area (Å²) in [5.41, 5.74) is 1.32. The van der Waals surface area contributed by atoms with Gasteiger partial charge in [-0.05, 0) is 36.6 Å². The standard InChI is InChI=1S/C12H9N3O/c1-9(16)15-12-4-2-10(3-5-12)6-11(7-13)8-14/h2-6H,1H3,(H,15,16)/p-1. The number of nitrogens with zero attached hydrogens (tertiary/aromatic N) is 3. The maximum absolute atomic E-state index is 10.7. The largest absolute Gasteiger partial charge is 0.862 e. The van der Waals surface area contributed by atoms with Gasteiger partial charge >= 0.3 is 0 Å². The first-order valence-electron chi connectivity index (χ1n) is 4.50. The first kappa shape index (κ1) is 11.5. The summed E-state index contributed by atoms with van der Waals surface area (Å²) in [6.07, 6.45) is 1.47. The van der Waals surface area contributed by atoms with Crippen molar-refractivity contribution in [2.24, 2.45) is 4.99 Å². The van der Waals surface area contributed by atoms with E-state index in [1.807, 2.05) is 0 Å². The van der Waals surface area contributed by atoms with Gasteiger partial charge in [0.1, 0.15) is 17.7 Å². The zero-order valence-electron chi connectivity index (χ0n) is 8.64. The normalized spacial score (nSPS) is 10.1. The van der Waals surface area contributed by atoms with Crippen LogP contribution in [0.2, 0.25) is 0 Å². The molecular weight excluding hydrogens is 202 g/mol. The van der Waals surface area contributed by atoms with Gasteiger partial charge in [-0.25, -0.2) is 0 Å². The van der Waals surface area contributed by atoms with Gasteiger partial charge in [0.15, 0.2) is 0 Å². The quantitative estimate of drug-likeness (QED) is 0.421. The molecule has 0 spiro atoms. The van der Waals surface area contributed by atoms with Gasteiger partial charge in [0.25, 0.3) is 0 Å². The Labute approximate surface area is 93.4 Å². The summed E-state index contributed by atoms with van der Waals surface area (Å²) in [4.78, 5) is 3.73. The number of hydrogen-bond donors (Lipinski definition) is 0.